The molecule has 0 fully saturated rings. The molecule has 3 rings (SSSR count). The SMILES string of the molecule is N#CC(C#N)=C(c1ccccc1)c1ccccc1-c1ccccc1. The quantitative estimate of drug-likeness (QED) is 0.624. The third-order valence-corrected chi connectivity index (χ3v) is 3.82. The van der Waals surface area contributed by atoms with Crippen LogP contribution in [0.5, 0.6) is 0 Å². The van der Waals surface area contributed by atoms with Crippen LogP contribution in [0.25, 0.3) is 16.7 Å². The van der Waals surface area contributed by atoms with Crippen LogP contribution >= 0.6 is 0 Å². The molecular weight excluding hydrogens is 292 g/mol. The fraction of sp³-hybridized carbons (Fsp3) is 0. The second-order valence-corrected chi connectivity index (χ2v) is 5.25. The zero-order valence-electron chi connectivity index (χ0n) is 13.0. The van der Waals surface area contributed by atoms with Gasteiger partial charge in [0.25, 0.3) is 0 Å². The fourth-order valence-electron chi connectivity index (χ4n) is 2.75. The van der Waals surface area contributed by atoms with Gasteiger partial charge in [-0.3, -0.25) is 0 Å². The van der Waals surface area contributed by atoms with Crippen molar-refractivity contribution in [3.8, 4) is 23.3 Å². The van der Waals surface area contributed by atoms with Gasteiger partial charge in [0.2, 0.25) is 0 Å². The average molecular weight is 306 g/mol. The van der Waals surface area contributed by atoms with Gasteiger partial charge in [0.1, 0.15) is 17.7 Å². The third-order valence-electron chi connectivity index (χ3n) is 3.82. The van der Waals surface area contributed by atoms with E-state index in [0.29, 0.717) is 5.57 Å². The van der Waals surface area contributed by atoms with Gasteiger partial charge in [-0.05, 0) is 22.3 Å². The number of hydrogen-bond donors (Lipinski definition) is 0. The predicted molar refractivity (Wildman–Crippen MR) is 95.6 cm³/mol. The van der Waals surface area contributed by atoms with Gasteiger partial charge in [0, 0.05) is 5.57 Å². The summed E-state index contributed by atoms with van der Waals surface area (Å²) in [6.07, 6.45) is 0. The molecule has 0 bridgehead atoms. The van der Waals surface area contributed by atoms with Crippen molar-refractivity contribution in [3.63, 3.8) is 0 Å². The van der Waals surface area contributed by atoms with Crippen molar-refractivity contribution in [1.82, 2.24) is 0 Å². The highest BCUT2D eigenvalue weighted by Crippen LogP contribution is 2.34. The molecule has 112 valence electrons. The summed E-state index contributed by atoms with van der Waals surface area (Å²) in [6, 6.07) is 31.5. The lowest BCUT2D eigenvalue weighted by Crippen LogP contribution is -1.95. The van der Waals surface area contributed by atoms with Crippen molar-refractivity contribution < 1.29 is 0 Å². The molecule has 3 aromatic rings. The molecule has 2 nitrogen and oxygen atoms in total. The van der Waals surface area contributed by atoms with E-state index in [1.54, 1.807) is 0 Å². The van der Waals surface area contributed by atoms with Crippen molar-refractivity contribution in [3.05, 3.63) is 102 Å². The number of hydrogen-bond acceptors (Lipinski definition) is 2. The topological polar surface area (TPSA) is 47.6 Å². The van der Waals surface area contributed by atoms with E-state index in [4.69, 9.17) is 0 Å². The molecule has 0 amide bonds. The highest BCUT2D eigenvalue weighted by Gasteiger charge is 2.15. The summed E-state index contributed by atoms with van der Waals surface area (Å²) in [5, 5.41) is 18.9. The van der Waals surface area contributed by atoms with Crippen molar-refractivity contribution in [2.24, 2.45) is 0 Å². The molecule has 0 saturated heterocycles. The maximum atomic E-state index is 9.45. The van der Waals surface area contributed by atoms with Crippen LogP contribution in [0.15, 0.2) is 90.5 Å². The van der Waals surface area contributed by atoms with E-state index < -0.39 is 0 Å². The Balaban J connectivity index is 2.32. The average Bonchev–Trinajstić information content (AvgIpc) is 2.67. The zero-order chi connectivity index (χ0) is 16.8. The molecule has 0 heterocycles. The van der Waals surface area contributed by atoms with E-state index >= 15 is 0 Å². The molecule has 0 unspecified atom stereocenters. The summed E-state index contributed by atoms with van der Waals surface area (Å²) in [6.45, 7) is 0. The standard InChI is InChI=1S/C22H14N2/c23-15-19(16-24)22(18-11-5-2-6-12-18)21-14-8-7-13-20(21)17-9-3-1-4-10-17/h1-14H. The van der Waals surface area contributed by atoms with Crippen molar-refractivity contribution in [2.45, 2.75) is 0 Å². The molecule has 24 heavy (non-hydrogen) atoms. The Bertz CT molecular complexity index is 940. The van der Waals surface area contributed by atoms with Crippen LogP contribution in [0.2, 0.25) is 0 Å². The lowest BCUT2D eigenvalue weighted by Gasteiger charge is -2.14. The summed E-state index contributed by atoms with van der Waals surface area (Å²) < 4.78 is 0. The smallest absolute Gasteiger partial charge is 0.138 e. The number of allylic oxidation sites excluding steroid dienone is 1. The maximum absolute atomic E-state index is 9.45. The molecule has 0 spiro atoms. The molecule has 0 radical (unpaired) electrons. The summed E-state index contributed by atoms with van der Waals surface area (Å²) in [7, 11) is 0. The van der Waals surface area contributed by atoms with E-state index in [-0.39, 0.29) is 5.57 Å². The maximum Gasteiger partial charge on any atom is 0.138 e. The van der Waals surface area contributed by atoms with Crippen molar-refractivity contribution in [2.75, 3.05) is 0 Å². The van der Waals surface area contributed by atoms with Crippen LogP contribution in [-0.4, -0.2) is 0 Å². The van der Waals surface area contributed by atoms with E-state index in [2.05, 4.69) is 0 Å². The summed E-state index contributed by atoms with van der Waals surface area (Å²) in [5.41, 5.74) is 4.58. The van der Waals surface area contributed by atoms with Crippen LogP contribution < -0.4 is 0 Å². The Labute approximate surface area is 141 Å². The monoisotopic (exact) mass is 306 g/mol. The van der Waals surface area contributed by atoms with Crippen LogP contribution in [0, 0.1) is 22.7 Å². The first-order chi connectivity index (χ1) is 11.8. The Hall–Kier alpha value is -3.62. The number of rotatable bonds is 3. The molecule has 0 atom stereocenters. The molecule has 0 aliphatic carbocycles. The third kappa shape index (κ3) is 2.95. The van der Waals surface area contributed by atoms with Crippen molar-refractivity contribution >= 4 is 5.57 Å². The van der Waals surface area contributed by atoms with Gasteiger partial charge in [0.05, 0.1) is 0 Å². The Morgan fingerprint density at radius 3 is 1.79 bits per heavy atom. The van der Waals surface area contributed by atoms with E-state index in [0.717, 1.165) is 22.3 Å². The van der Waals surface area contributed by atoms with Crippen LogP contribution in [-0.2, 0) is 0 Å². The normalized spacial score (nSPS) is 9.58. The first-order valence-electron chi connectivity index (χ1n) is 7.60. The minimum atomic E-state index is 0.115. The number of benzene rings is 3. The first kappa shape index (κ1) is 15.3. The second-order valence-electron chi connectivity index (χ2n) is 5.25. The fourth-order valence-corrected chi connectivity index (χ4v) is 2.75. The highest BCUT2D eigenvalue weighted by atomic mass is 14.3. The Morgan fingerprint density at radius 2 is 1.17 bits per heavy atom. The highest BCUT2D eigenvalue weighted by molar-refractivity contribution is 5.93. The van der Waals surface area contributed by atoms with Gasteiger partial charge in [-0.1, -0.05) is 84.9 Å². The molecule has 0 N–H and O–H groups in total. The molecule has 0 aliphatic rings. The van der Waals surface area contributed by atoms with Crippen molar-refractivity contribution in [1.29, 1.82) is 10.5 Å². The minimum Gasteiger partial charge on any atom is -0.192 e. The molecule has 0 aliphatic heterocycles. The largest absolute Gasteiger partial charge is 0.192 e. The van der Waals surface area contributed by atoms with Gasteiger partial charge in [-0.15, -0.1) is 0 Å². The van der Waals surface area contributed by atoms with Gasteiger partial charge >= 0.3 is 0 Å². The van der Waals surface area contributed by atoms with E-state index in [1.165, 1.54) is 0 Å². The Morgan fingerprint density at radius 1 is 0.625 bits per heavy atom. The number of nitrogens with zero attached hydrogens (tertiary/aromatic N) is 2. The van der Waals surface area contributed by atoms with Gasteiger partial charge < -0.3 is 0 Å². The molecular formula is C22H14N2. The predicted octanol–water partition coefficient (Wildman–Crippen LogP) is 5.20. The zero-order valence-corrected chi connectivity index (χ0v) is 13.0. The second kappa shape index (κ2) is 7.09. The van der Waals surface area contributed by atoms with Crippen LogP contribution in [0.4, 0.5) is 0 Å². The lowest BCUT2D eigenvalue weighted by molar-refractivity contribution is 1.44. The van der Waals surface area contributed by atoms with Crippen LogP contribution in [0.3, 0.4) is 0 Å². The van der Waals surface area contributed by atoms with Gasteiger partial charge in [-0.25, -0.2) is 0 Å². The Kier molecular flexibility index (Phi) is 4.52. The van der Waals surface area contributed by atoms with Crippen LogP contribution in [0.1, 0.15) is 11.1 Å². The van der Waals surface area contributed by atoms with E-state index in [9.17, 15) is 10.5 Å². The number of nitriles is 2. The summed E-state index contributed by atoms with van der Waals surface area (Å²) in [5.74, 6) is 0. The summed E-state index contributed by atoms with van der Waals surface area (Å²) in [4.78, 5) is 0. The van der Waals surface area contributed by atoms with Gasteiger partial charge in [0.15, 0.2) is 0 Å². The first-order valence-corrected chi connectivity index (χ1v) is 7.60. The molecule has 3 aromatic carbocycles. The van der Waals surface area contributed by atoms with Gasteiger partial charge in [-0.2, -0.15) is 10.5 Å². The summed E-state index contributed by atoms with van der Waals surface area (Å²) >= 11 is 0. The molecule has 0 saturated carbocycles. The lowest BCUT2D eigenvalue weighted by atomic mass is 9.88. The molecule has 0 aromatic heterocycles. The minimum absolute atomic E-state index is 0.115. The molecule has 2 heteroatoms. The van der Waals surface area contributed by atoms with E-state index in [1.807, 2.05) is 97.1 Å².